The van der Waals surface area contributed by atoms with E-state index in [0.717, 1.165) is 48.3 Å². The van der Waals surface area contributed by atoms with Crippen LogP contribution in [0.25, 0.3) is 33.8 Å². The van der Waals surface area contributed by atoms with Gasteiger partial charge in [0.2, 0.25) is 0 Å². The SMILES string of the molecule is C=C(C)CC/C(=C\N=CCC)c1ccc(-c2nccc(-c3ccc(C4=CC5CCC=CC5c5ccccc54)cc3)n2)cc1. The van der Waals surface area contributed by atoms with Crippen LogP contribution in [0.15, 0.2) is 127 Å². The summed E-state index contributed by atoms with van der Waals surface area (Å²) in [6.07, 6.45) is 18.2. The van der Waals surface area contributed by atoms with Crippen LogP contribution in [0.4, 0.5) is 0 Å². The molecule has 1 heterocycles. The minimum absolute atomic E-state index is 0.495. The molecule has 0 radical (unpaired) electrons. The molecule has 2 unspecified atom stereocenters. The van der Waals surface area contributed by atoms with Crippen molar-refractivity contribution >= 4 is 17.4 Å². The van der Waals surface area contributed by atoms with E-state index < -0.39 is 0 Å². The van der Waals surface area contributed by atoms with Crippen molar-refractivity contribution in [3.05, 3.63) is 144 Å². The van der Waals surface area contributed by atoms with Gasteiger partial charge >= 0.3 is 0 Å². The molecule has 3 heteroatoms. The summed E-state index contributed by atoms with van der Waals surface area (Å²) in [6, 6.07) is 28.3. The molecular weight excluding hydrogens is 522 g/mol. The van der Waals surface area contributed by atoms with E-state index in [1.165, 1.54) is 45.4 Å². The van der Waals surface area contributed by atoms with E-state index in [1.54, 1.807) is 0 Å². The van der Waals surface area contributed by atoms with E-state index >= 15 is 0 Å². The fourth-order valence-electron chi connectivity index (χ4n) is 6.16. The Kier molecular flexibility index (Phi) is 8.70. The highest BCUT2D eigenvalue weighted by Gasteiger charge is 2.29. The Bertz CT molecular complexity index is 1720. The van der Waals surface area contributed by atoms with E-state index in [2.05, 4.69) is 121 Å². The third-order valence-corrected chi connectivity index (χ3v) is 8.46. The van der Waals surface area contributed by atoms with Gasteiger partial charge in [-0.15, -0.1) is 6.58 Å². The summed E-state index contributed by atoms with van der Waals surface area (Å²) < 4.78 is 0. The summed E-state index contributed by atoms with van der Waals surface area (Å²) in [4.78, 5) is 14.1. The van der Waals surface area contributed by atoms with Gasteiger partial charge in [-0.25, -0.2) is 9.97 Å². The molecule has 0 aliphatic heterocycles. The first-order chi connectivity index (χ1) is 21.1. The Balaban J connectivity index is 1.24. The average molecular weight is 562 g/mol. The van der Waals surface area contributed by atoms with Gasteiger partial charge in [0.1, 0.15) is 0 Å². The number of benzene rings is 3. The Morgan fingerprint density at radius 2 is 1.70 bits per heavy atom. The molecule has 0 spiro atoms. The van der Waals surface area contributed by atoms with Crippen LogP contribution in [-0.2, 0) is 0 Å². The summed E-state index contributed by atoms with van der Waals surface area (Å²) in [5.41, 5.74) is 12.0. The summed E-state index contributed by atoms with van der Waals surface area (Å²) in [7, 11) is 0. The molecule has 4 aromatic rings. The molecule has 0 saturated carbocycles. The number of aliphatic imine (C=N–C) groups is 1. The molecule has 43 heavy (non-hydrogen) atoms. The Morgan fingerprint density at radius 1 is 0.930 bits per heavy atom. The molecule has 0 saturated heterocycles. The largest absolute Gasteiger partial charge is 0.269 e. The zero-order chi connectivity index (χ0) is 29.6. The zero-order valence-corrected chi connectivity index (χ0v) is 25.2. The topological polar surface area (TPSA) is 38.1 Å². The van der Waals surface area contributed by atoms with Crippen molar-refractivity contribution in [2.24, 2.45) is 10.9 Å². The van der Waals surface area contributed by atoms with Crippen LogP contribution in [0.5, 0.6) is 0 Å². The lowest BCUT2D eigenvalue weighted by atomic mass is 9.71. The van der Waals surface area contributed by atoms with Crippen molar-refractivity contribution in [1.82, 2.24) is 9.97 Å². The van der Waals surface area contributed by atoms with Gasteiger partial charge in [0.05, 0.1) is 5.69 Å². The van der Waals surface area contributed by atoms with Crippen molar-refractivity contribution in [3.63, 3.8) is 0 Å². The Morgan fingerprint density at radius 3 is 2.49 bits per heavy atom. The normalized spacial score (nSPS) is 17.8. The standard InChI is InChI=1S/C40H39N3/c1-4-24-41-27-34(14-13-28(2)3)29-15-21-32(22-16-29)40-42-25-23-39(43-40)31-19-17-30(18-20-31)38-26-33-9-5-6-10-35(33)36-11-7-8-12-37(36)38/h6-8,10-12,15-27,33,35H,2,4-5,9,13-14H2,1,3H3/b34-27+,41-24?. The minimum atomic E-state index is 0.495. The molecule has 3 nitrogen and oxygen atoms in total. The first kappa shape index (κ1) is 28.5. The van der Waals surface area contributed by atoms with Gasteiger partial charge in [0.25, 0.3) is 0 Å². The summed E-state index contributed by atoms with van der Waals surface area (Å²) >= 11 is 0. The summed E-state index contributed by atoms with van der Waals surface area (Å²) in [6.45, 7) is 8.24. The van der Waals surface area contributed by atoms with Crippen LogP contribution in [0.3, 0.4) is 0 Å². The van der Waals surface area contributed by atoms with Gasteiger partial charge in [-0.3, -0.25) is 4.99 Å². The number of nitrogens with zero attached hydrogens (tertiary/aromatic N) is 3. The Hall–Kier alpha value is -4.63. The molecular formula is C40H39N3. The molecule has 6 rings (SSSR count). The predicted octanol–water partition coefficient (Wildman–Crippen LogP) is 10.5. The van der Waals surface area contributed by atoms with E-state index in [-0.39, 0.29) is 0 Å². The number of allylic oxidation sites excluding steroid dienone is 5. The van der Waals surface area contributed by atoms with Gasteiger partial charge in [-0.2, -0.15) is 0 Å². The lowest BCUT2D eigenvalue weighted by Crippen LogP contribution is -2.18. The lowest BCUT2D eigenvalue weighted by molar-refractivity contribution is 0.514. The highest BCUT2D eigenvalue weighted by molar-refractivity contribution is 5.84. The first-order valence-corrected chi connectivity index (χ1v) is 15.5. The molecule has 2 aliphatic carbocycles. The number of hydrogen-bond acceptors (Lipinski definition) is 3. The summed E-state index contributed by atoms with van der Waals surface area (Å²) in [5.74, 6) is 1.78. The van der Waals surface area contributed by atoms with Crippen molar-refractivity contribution < 1.29 is 0 Å². The van der Waals surface area contributed by atoms with Gasteiger partial charge < -0.3 is 0 Å². The predicted molar refractivity (Wildman–Crippen MR) is 182 cm³/mol. The molecule has 0 amide bonds. The van der Waals surface area contributed by atoms with E-state index in [4.69, 9.17) is 4.98 Å². The number of hydrogen-bond donors (Lipinski definition) is 0. The van der Waals surface area contributed by atoms with Gasteiger partial charge in [0, 0.05) is 35.7 Å². The van der Waals surface area contributed by atoms with Gasteiger partial charge in [-0.1, -0.05) is 104 Å². The van der Waals surface area contributed by atoms with Crippen LogP contribution in [0.2, 0.25) is 0 Å². The maximum Gasteiger partial charge on any atom is 0.159 e. The molecule has 2 atom stereocenters. The van der Waals surface area contributed by atoms with Crippen molar-refractivity contribution in [1.29, 1.82) is 0 Å². The second kappa shape index (κ2) is 13.1. The third-order valence-electron chi connectivity index (χ3n) is 8.46. The molecule has 0 bridgehead atoms. The highest BCUT2D eigenvalue weighted by Crippen LogP contribution is 2.45. The van der Waals surface area contributed by atoms with Gasteiger partial charge in [-0.05, 0) is 84.4 Å². The average Bonchev–Trinajstić information content (AvgIpc) is 3.06. The highest BCUT2D eigenvalue weighted by atomic mass is 14.9. The van der Waals surface area contributed by atoms with Crippen LogP contribution in [-0.4, -0.2) is 16.2 Å². The van der Waals surface area contributed by atoms with Crippen LogP contribution in [0, 0.1) is 5.92 Å². The molecule has 2 aliphatic rings. The lowest BCUT2D eigenvalue weighted by Gasteiger charge is -2.33. The van der Waals surface area contributed by atoms with E-state index in [9.17, 15) is 0 Å². The van der Waals surface area contributed by atoms with Crippen molar-refractivity contribution in [2.75, 3.05) is 0 Å². The molecule has 1 aromatic heterocycles. The fourth-order valence-corrected chi connectivity index (χ4v) is 6.16. The van der Waals surface area contributed by atoms with Crippen molar-refractivity contribution in [3.8, 4) is 22.6 Å². The molecule has 3 aromatic carbocycles. The van der Waals surface area contributed by atoms with Crippen LogP contribution in [0.1, 0.15) is 74.1 Å². The number of aromatic nitrogens is 2. The van der Waals surface area contributed by atoms with E-state index in [0.29, 0.717) is 11.8 Å². The summed E-state index contributed by atoms with van der Waals surface area (Å²) in [5, 5.41) is 0. The monoisotopic (exact) mass is 561 g/mol. The van der Waals surface area contributed by atoms with Crippen molar-refractivity contribution in [2.45, 2.75) is 51.9 Å². The quantitative estimate of drug-likeness (QED) is 0.151. The second-order valence-electron chi connectivity index (χ2n) is 11.6. The smallest absolute Gasteiger partial charge is 0.159 e. The number of fused-ring (bicyclic) bond motifs is 3. The Labute approximate surface area is 256 Å². The molecule has 0 N–H and O–H groups in total. The third kappa shape index (κ3) is 6.41. The minimum Gasteiger partial charge on any atom is -0.269 e. The van der Waals surface area contributed by atoms with Gasteiger partial charge in [0.15, 0.2) is 5.82 Å². The number of rotatable bonds is 9. The van der Waals surface area contributed by atoms with Crippen LogP contribution < -0.4 is 0 Å². The van der Waals surface area contributed by atoms with Crippen LogP contribution >= 0.6 is 0 Å². The molecule has 214 valence electrons. The van der Waals surface area contributed by atoms with E-state index in [1.807, 2.05) is 24.7 Å². The zero-order valence-electron chi connectivity index (χ0n) is 25.2. The first-order valence-electron chi connectivity index (χ1n) is 15.5. The molecule has 0 fully saturated rings. The second-order valence-corrected chi connectivity index (χ2v) is 11.6. The fraction of sp³-hybridized carbons (Fsp3) is 0.225. The maximum absolute atomic E-state index is 4.96. The maximum atomic E-state index is 4.96.